The maximum atomic E-state index is 14.2. The molecule has 1 fully saturated rings. The number of hydrogen-bond donors (Lipinski definition) is 9. The smallest absolute Gasteiger partial charge is 0.484 e. The first-order valence-corrected chi connectivity index (χ1v) is 46.0. The van der Waals surface area contributed by atoms with E-state index < -0.39 is 76.8 Å². The Kier molecular flexibility index (Phi) is 29.0. The monoisotopic (exact) mass is 2140 g/mol. The van der Waals surface area contributed by atoms with E-state index in [0.29, 0.717) is 127 Å². The fourth-order valence-electron chi connectivity index (χ4n) is 15.5. The molecule has 144 heavy (non-hydrogen) atoms. The van der Waals surface area contributed by atoms with Gasteiger partial charge >= 0.3 is 7.12 Å². The number of aromatic nitrogens is 16. The lowest BCUT2D eigenvalue weighted by Gasteiger charge is -2.32. The number of pyridine rings is 7. The van der Waals surface area contributed by atoms with E-state index in [0.717, 1.165) is 41.7 Å². The predicted molar refractivity (Wildman–Crippen MR) is 533 cm³/mol. The minimum atomic E-state index is -0.713. The first kappa shape index (κ1) is 99.1. The lowest BCUT2D eigenvalue weighted by Crippen LogP contribution is -2.41. The molecule has 0 aliphatic carbocycles. The summed E-state index contributed by atoms with van der Waals surface area (Å²) in [7, 11) is -0.423. The first-order chi connectivity index (χ1) is 69.1. The fourth-order valence-corrected chi connectivity index (χ4v) is 16.4. The van der Waals surface area contributed by atoms with Crippen LogP contribution in [-0.4, -0.2) is 164 Å². The molecule has 1 saturated heterocycles. The van der Waals surface area contributed by atoms with Gasteiger partial charge in [-0.25, -0.2) is 91.1 Å². The molecular weight excluding hydrogens is 2050 g/mol. The number of nitrogens with zero attached hydrogens (tertiary/aromatic N) is 16. The SMILES string of the molecule is Brc1cnc2c(c1)OCCO2.CC(Nc1ncnc(N)c1C(=N)I)c1nc2ccc(F)cn2c(=O)c1-c1cccc(F)c1.CC1(C)OB(c2cnc3c(c2)OCCO3)OC1(C)C.C[C@@H](Nc1ncnc(N)c1C(=N)c1cnc2c(c1)OCCO2)c1nc2ccc(F)cn2c(=O)c1-c1cccc(F)c1.C[C@H](Nc1ncnc(N)c1C(=N)c1cnc2c(c1)OCCO2)c1nc2ccc(F)cn2c(=O)c1-c1cccc(F)c1. The Morgan fingerprint density at radius 3 is 1.06 bits per heavy atom. The van der Waals surface area contributed by atoms with Crippen LogP contribution in [-0.2, 0) is 9.31 Å². The van der Waals surface area contributed by atoms with Crippen LogP contribution >= 0.6 is 38.5 Å². The van der Waals surface area contributed by atoms with Gasteiger partial charge in [0.1, 0.15) is 162 Å². The van der Waals surface area contributed by atoms with Gasteiger partial charge in [0.05, 0.1) is 91.2 Å². The van der Waals surface area contributed by atoms with E-state index >= 15 is 0 Å². The topological polar surface area (TPSA) is 510 Å². The normalized spacial score (nSPS) is 14.4. The van der Waals surface area contributed by atoms with E-state index in [1.807, 2.05) is 39.8 Å². The average Bonchev–Trinajstić information content (AvgIpc) is 0.778. The molecule has 0 amide bonds. The number of halogens is 8. The quantitative estimate of drug-likeness (QED) is 0.0167. The Morgan fingerprint density at radius 2 is 0.715 bits per heavy atom. The highest BCUT2D eigenvalue weighted by molar-refractivity contribution is 14.1. The summed E-state index contributed by atoms with van der Waals surface area (Å²) in [4.78, 5) is 95.9. The zero-order valence-corrected chi connectivity index (χ0v) is 80.9. The maximum absolute atomic E-state index is 14.2. The van der Waals surface area contributed by atoms with Crippen LogP contribution in [0.1, 0.15) is 111 Å². The van der Waals surface area contributed by atoms with Crippen molar-refractivity contribution in [2.75, 3.05) is 86.0 Å². The zero-order chi connectivity index (χ0) is 102. The molecular formula is C97H84BBrF6IN25O13. The van der Waals surface area contributed by atoms with Crippen LogP contribution in [0.25, 0.3) is 50.3 Å². The van der Waals surface area contributed by atoms with Crippen molar-refractivity contribution < 1.29 is 73.5 Å². The van der Waals surface area contributed by atoms with Gasteiger partial charge in [-0.3, -0.25) is 43.8 Å². The van der Waals surface area contributed by atoms with Gasteiger partial charge in [0, 0.05) is 70.5 Å². The first-order valence-electron chi connectivity index (χ1n) is 44.1. The third-order valence-corrected chi connectivity index (χ3v) is 24.1. The van der Waals surface area contributed by atoms with Crippen molar-refractivity contribution in [2.45, 2.75) is 77.8 Å². The number of rotatable bonds is 18. The number of nitrogens with one attached hydrogen (secondary N) is 6. The van der Waals surface area contributed by atoms with Crippen molar-refractivity contribution in [2.24, 2.45) is 0 Å². The molecule has 734 valence electrons. The van der Waals surface area contributed by atoms with Crippen molar-refractivity contribution in [3.63, 3.8) is 0 Å². The molecule has 16 aromatic rings. The van der Waals surface area contributed by atoms with Gasteiger partial charge < -0.3 is 80.4 Å². The Labute approximate surface area is 835 Å². The predicted octanol–water partition coefficient (Wildman–Crippen LogP) is 14.2. The van der Waals surface area contributed by atoms with E-state index in [4.69, 9.17) is 80.6 Å². The molecule has 5 aliphatic heterocycles. The van der Waals surface area contributed by atoms with Crippen molar-refractivity contribution in [3.05, 3.63) is 311 Å². The molecule has 3 aromatic carbocycles. The number of hydrogen-bond acceptors (Lipinski definition) is 35. The van der Waals surface area contributed by atoms with E-state index in [1.54, 1.807) is 86.1 Å². The number of benzene rings is 3. The van der Waals surface area contributed by atoms with Crippen molar-refractivity contribution >= 4 is 118 Å². The lowest BCUT2D eigenvalue weighted by molar-refractivity contribution is 0.00578. The van der Waals surface area contributed by atoms with Crippen LogP contribution in [0, 0.1) is 51.1 Å². The van der Waals surface area contributed by atoms with Crippen LogP contribution < -0.4 is 93.2 Å². The second-order valence-corrected chi connectivity index (χ2v) is 35.4. The Balaban J connectivity index is 0.000000130. The minimum absolute atomic E-state index is 0.0296. The minimum Gasteiger partial charge on any atom is -0.484 e. The van der Waals surface area contributed by atoms with Crippen LogP contribution in [0.2, 0.25) is 0 Å². The summed E-state index contributed by atoms with van der Waals surface area (Å²) in [5.41, 5.74) is 20.6. The van der Waals surface area contributed by atoms with E-state index in [9.17, 15) is 40.7 Å². The van der Waals surface area contributed by atoms with Crippen molar-refractivity contribution in [1.82, 2.24) is 78.0 Å². The van der Waals surface area contributed by atoms with E-state index in [2.05, 4.69) is 96.7 Å². The van der Waals surface area contributed by atoms with Gasteiger partial charge in [-0.2, -0.15) is 0 Å². The molecule has 0 saturated carbocycles. The Morgan fingerprint density at radius 1 is 0.403 bits per heavy atom. The third kappa shape index (κ3) is 21.4. The molecule has 0 spiro atoms. The average molecular weight is 2140 g/mol. The zero-order valence-electron chi connectivity index (χ0n) is 77.2. The van der Waals surface area contributed by atoms with Gasteiger partial charge in [0.15, 0.2) is 23.0 Å². The molecule has 38 nitrogen and oxygen atoms in total. The van der Waals surface area contributed by atoms with Crippen LogP contribution in [0.4, 0.5) is 61.2 Å². The number of fused-ring (bicyclic) bond motifs is 7. The third-order valence-electron chi connectivity index (χ3n) is 23.1. The fraction of sp³-hybridized carbons (Fsp3) is 0.206. The molecule has 1 unspecified atom stereocenters. The molecule has 21 rings (SSSR count). The highest BCUT2D eigenvalue weighted by Gasteiger charge is 2.52. The molecule has 0 bridgehead atoms. The van der Waals surface area contributed by atoms with Gasteiger partial charge in [-0.05, 0) is 195 Å². The van der Waals surface area contributed by atoms with Crippen LogP contribution in [0.3, 0.4) is 0 Å². The highest BCUT2D eigenvalue weighted by atomic mass is 127. The number of nitrogens with two attached hydrogens (primary N) is 3. The molecule has 18 heterocycles. The number of nitrogen functional groups attached to an aromatic ring is 3. The van der Waals surface area contributed by atoms with Crippen LogP contribution in [0.15, 0.2) is 215 Å². The summed E-state index contributed by atoms with van der Waals surface area (Å²) in [6.45, 7) is 17.0. The summed E-state index contributed by atoms with van der Waals surface area (Å²) in [5, 5.41) is 35.3. The van der Waals surface area contributed by atoms with Crippen molar-refractivity contribution in [1.29, 1.82) is 16.2 Å². The standard InChI is InChI=1S/2C28H22F2N8O3.C21H16F2IN7O.C13H18BNO4.C7H6BrNO2/c2*1-14(24-21(15-3-2-4-17(29)9-15)28(39)38-12-18(30)5-6-20(38)37-24)36-26-22(25(32)34-13-35-26)23(31)16-10-19-27(33-11-16)41-8-7-40-19;1-10(29-20-16(18(24)25)19(26)27-9-28-20)17-15(11-3-2-4-12(22)7-11)21(32)31-8-13(23)5-6-14(31)30-17;1-12(2)13(3,4)19-14(18-12)9-7-10-11(15-8-9)17-6-5-16-10;8-5-3-6-7(9-4-5)11-2-1-10-6/h2*2-6,9-14,31H,7-8H2,1H3,(H3,32,34,35,36);2-10,25H,1H3,(H3,26,27,28,29);7-8H,5-6H2,1-4H3;3-4H,1-2H2/t2*14-;;;/m10.../s1. The highest BCUT2D eigenvalue weighted by Crippen LogP contribution is 2.41. The number of anilines is 6. The van der Waals surface area contributed by atoms with Gasteiger partial charge in [-0.1, -0.05) is 36.4 Å². The second-order valence-electron chi connectivity index (χ2n) is 33.4. The Hall–Kier alpha value is -16.4. The van der Waals surface area contributed by atoms with Crippen molar-refractivity contribution in [3.8, 4) is 79.9 Å². The summed E-state index contributed by atoms with van der Waals surface area (Å²) >= 11 is 5.09. The summed E-state index contributed by atoms with van der Waals surface area (Å²) in [6, 6.07) is 29.2. The molecule has 5 aliphatic rings. The van der Waals surface area contributed by atoms with Gasteiger partial charge in [0.25, 0.3) is 40.2 Å². The van der Waals surface area contributed by atoms with E-state index in [1.165, 1.54) is 122 Å². The molecule has 13 aromatic heterocycles. The molecule has 47 heteroatoms. The maximum Gasteiger partial charge on any atom is 0.496 e. The lowest BCUT2D eigenvalue weighted by atomic mass is 9.80. The Bertz CT molecular complexity index is 7660. The van der Waals surface area contributed by atoms with Gasteiger partial charge in [0.2, 0.25) is 0 Å². The number of ether oxygens (including phenoxy) is 8. The van der Waals surface area contributed by atoms with Crippen LogP contribution in [0.5, 0.6) is 46.5 Å². The van der Waals surface area contributed by atoms with E-state index in [-0.39, 0.29) is 129 Å². The molecule has 12 N–H and O–H groups in total. The molecule has 0 radical (unpaired) electrons. The summed E-state index contributed by atoms with van der Waals surface area (Å²) in [5.74, 6) is 1.30. The largest absolute Gasteiger partial charge is 0.496 e. The summed E-state index contributed by atoms with van der Waals surface area (Å²) < 4.78 is 144. The summed E-state index contributed by atoms with van der Waals surface area (Å²) in [6.07, 6.45) is 13.2. The molecule has 3 atom stereocenters. The van der Waals surface area contributed by atoms with Gasteiger partial charge in [-0.15, -0.1) is 0 Å². The second kappa shape index (κ2) is 42.2.